The Morgan fingerprint density at radius 1 is 1.08 bits per heavy atom. The molecule has 3 rings (SSSR count). The molecule has 25 heavy (non-hydrogen) atoms. The highest BCUT2D eigenvalue weighted by atomic mass is 16.5. The van der Waals surface area contributed by atoms with Crippen LogP contribution in [0.15, 0.2) is 59.1 Å². The number of aromatic nitrogens is 2. The van der Waals surface area contributed by atoms with Crippen LogP contribution in [0.25, 0.3) is 11.4 Å². The van der Waals surface area contributed by atoms with Gasteiger partial charge in [-0.2, -0.15) is 4.98 Å². The summed E-state index contributed by atoms with van der Waals surface area (Å²) < 4.78 is 10.8. The number of rotatable bonds is 8. The van der Waals surface area contributed by atoms with Crippen LogP contribution in [0.5, 0.6) is 5.75 Å². The Balaban J connectivity index is 1.73. The van der Waals surface area contributed by atoms with Crippen LogP contribution >= 0.6 is 0 Å². The molecule has 0 aliphatic heterocycles. The quantitative estimate of drug-likeness (QED) is 0.680. The Morgan fingerprint density at radius 2 is 1.84 bits per heavy atom. The van der Waals surface area contributed by atoms with Gasteiger partial charge >= 0.3 is 0 Å². The molecular weight excluding hydrogens is 318 g/mol. The van der Waals surface area contributed by atoms with E-state index in [-0.39, 0.29) is 6.61 Å². The highest BCUT2D eigenvalue weighted by molar-refractivity contribution is 5.55. The largest absolute Gasteiger partial charge is 0.494 e. The molecule has 0 unspecified atom stereocenters. The number of hydrogen-bond acceptors (Lipinski definition) is 6. The summed E-state index contributed by atoms with van der Waals surface area (Å²) in [6, 6.07) is 17.4. The predicted molar refractivity (Wildman–Crippen MR) is 95.5 cm³/mol. The molecule has 0 bridgehead atoms. The third-order valence-electron chi connectivity index (χ3n) is 3.71. The number of aliphatic hydroxyl groups excluding tert-OH is 1. The first-order valence-corrected chi connectivity index (χ1v) is 8.27. The molecule has 6 nitrogen and oxygen atoms in total. The van der Waals surface area contributed by atoms with E-state index in [9.17, 15) is 5.11 Å². The monoisotopic (exact) mass is 339 g/mol. The summed E-state index contributed by atoms with van der Waals surface area (Å²) in [6.45, 7) is 3.56. The van der Waals surface area contributed by atoms with Crippen LogP contribution < -0.4 is 9.64 Å². The lowest BCUT2D eigenvalue weighted by Gasteiger charge is -2.21. The molecule has 0 amide bonds. The van der Waals surface area contributed by atoms with Crippen LogP contribution in [0, 0.1) is 0 Å². The number of anilines is 1. The zero-order valence-corrected chi connectivity index (χ0v) is 14.1. The van der Waals surface area contributed by atoms with Gasteiger partial charge in [-0.25, -0.2) is 0 Å². The van der Waals surface area contributed by atoms with Gasteiger partial charge in [0, 0.05) is 17.8 Å². The van der Waals surface area contributed by atoms with E-state index in [1.165, 1.54) is 0 Å². The van der Waals surface area contributed by atoms with E-state index in [0.717, 1.165) is 17.0 Å². The number of benzene rings is 2. The zero-order valence-electron chi connectivity index (χ0n) is 14.1. The lowest BCUT2D eigenvalue weighted by atomic mass is 10.2. The molecule has 0 aliphatic carbocycles. The number of hydrogen-bond donors (Lipinski definition) is 1. The molecule has 3 aromatic rings. The minimum Gasteiger partial charge on any atom is -0.494 e. The topological polar surface area (TPSA) is 71.6 Å². The van der Waals surface area contributed by atoms with Crippen LogP contribution in [0.1, 0.15) is 12.8 Å². The van der Waals surface area contributed by atoms with E-state index in [1.807, 2.05) is 66.4 Å². The van der Waals surface area contributed by atoms with Crippen LogP contribution in [0.3, 0.4) is 0 Å². The van der Waals surface area contributed by atoms with Crippen molar-refractivity contribution in [3.05, 3.63) is 60.5 Å². The highest BCUT2D eigenvalue weighted by Gasteiger charge is 2.13. The summed E-state index contributed by atoms with van der Waals surface area (Å²) in [5.41, 5.74) is 1.87. The zero-order chi connectivity index (χ0) is 17.5. The minimum atomic E-state index is 0.0504. The van der Waals surface area contributed by atoms with Crippen molar-refractivity contribution in [2.75, 3.05) is 24.7 Å². The lowest BCUT2D eigenvalue weighted by Crippen LogP contribution is -2.26. The molecule has 1 aromatic heterocycles. The normalized spacial score (nSPS) is 10.6. The van der Waals surface area contributed by atoms with E-state index in [4.69, 9.17) is 9.26 Å². The van der Waals surface area contributed by atoms with Crippen molar-refractivity contribution in [1.29, 1.82) is 0 Å². The van der Waals surface area contributed by atoms with Crippen LogP contribution in [-0.4, -0.2) is 35.0 Å². The number of para-hydroxylation sites is 1. The second-order valence-corrected chi connectivity index (χ2v) is 5.45. The average molecular weight is 339 g/mol. The number of nitrogens with zero attached hydrogens (tertiary/aromatic N) is 3. The van der Waals surface area contributed by atoms with Crippen molar-refractivity contribution in [3.63, 3.8) is 0 Å². The molecule has 0 saturated heterocycles. The first-order chi connectivity index (χ1) is 12.3. The van der Waals surface area contributed by atoms with E-state index in [1.54, 1.807) is 0 Å². The Hall–Kier alpha value is -2.86. The van der Waals surface area contributed by atoms with Gasteiger partial charge < -0.3 is 19.3 Å². The van der Waals surface area contributed by atoms with Crippen LogP contribution in [0.4, 0.5) is 5.69 Å². The standard InChI is InChI=1S/C19H21N3O3/c1-2-24-17-10-8-15(9-11-17)19-20-18(25-21-19)14-22(12-13-23)16-6-4-3-5-7-16/h3-11,23H,2,12-14H2,1H3. The van der Waals surface area contributed by atoms with Gasteiger partial charge in [-0.1, -0.05) is 23.4 Å². The fourth-order valence-electron chi connectivity index (χ4n) is 2.53. The van der Waals surface area contributed by atoms with Crippen molar-refractivity contribution in [2.24, 2.45) is 0 Å². The summed E-state index contributed by atoms with van der Waals surface area (Å²) in [5, 5.41) is 13.4. The highest BCUT2D eigenvalue weighted by Crippen LogP contribution is 2.21. The summed E-state index contributed by atoms with van der Waals surface area (Å²) >= 11 is 0. The Bertz CT molecular complexity index is 772. The Kier molecular flexibility index (Phi) is 5.64. The molecule has 0 radical (unpaired) electrons. The molecule has 0 spiro atoms. The third kappa shape index (κ3) is 4.36. The van der Waals surface area contributed by atoms with Crippen LogP contribution in [0.2, 0.25) is 0 Å². The van der Waals surface area contributed by atoms with Gasteiger partial charge in [0.1, 0.15) is 5.75 Å². The van der Waals surface area contributed by atoms with Crippen molar-refractivity contribution in [2.45, 2.75) is 13.5 Å². The summed E-state index contributed by atoms with van der Waals surface area (Å²) in [4.78, 5) is 6.46. The van der Waals surface area contributed by atoms with Crippen molar-refractivity contribution in [1.82, 2.24) is 10.1 Å². The average Bonchev–Trinajstić information content (AvgIpc) is 3.12. The smallest absolute Gasteiger partial charge is 0.246 e. The fourth-order valence-corrected chi connectivity index (χ4v) is 2.53. The van der Waals surface area contributed by atoms with Gasteiger partial charge in [0.2, 0.25) is 11.7 Å². The maximum Gasteiger partial charge on any atom is 0.246 e. The first-order valence-electron chi connectivity index (χ1n) is 8.27. The molecule has 6 heteroatoms. The third-order valence-corrected chi connectivity index (χ3v) is 3.71. The van der Waals surface area contributed by atoms with E-state index < -0.39 is 0 Å². The lowest BCUT2D eigenvalue weighted by molar-refractivity contribution is 0.298. The molecule has 0 atom stereocenters. The minimum absolute atomic E-state index is 0.0504. The summed E-state index contributed by atoms with van der Waals surface area (Å²) in [7, 11) is 0. The van der Waals surface area contributed by atoms with Crippen molar-refractivity contribution < 1.29 is 14.4 Å². The van der Waals surface area contributed by atoms with E-state index >= 15 is 0 Å². The Labute approximate surface area is 146 Å². The molecule has 1 N–H and O–H groups in total. The van der Waals surface area contributed by atoms with E-state index in [2.05, 4.69) is 10.1 Å². The molecule has 1 heterocycles. The van der Waals surface area contributed by atoms with E-state index in [0.29, 0.717) is 31.4 Å². The molecular formula is C19H21N3O3. The van der Waals surface area contributed by atoms with Gasteiger partial charge in [0.15, 0.2) is 0 Å². The van der Waals surface area contributed by atoms with Crippen molar-refractivity contribution >= 4 is 5.69 Å². The predicted octanol–water partition coefficient (Wildman–Crippen LogP) is 3.13. The van der Waals surface area contributed by atoms with Gasteiger partial charge in [-0.15, -0.1) is 0 Å². The summed E-state index contributed by atoms with van der Waals surface area (Å²) in [6.07, 6.45) is 0. The number of aliphatic hydroxyl groups is 1. The molecule has 0 fully saturated rings. The number of ether oxygens (including phenoxy) is 1. The Morgan fingerprint density at radius 3 is 2.52 bits per heavy atom. The van der Waals surface area contributed by atoms with Gasteiger partial charge in [0.05, 0.1) is 19.8 Å². The maximum absolute atomic E-state index is 9.31. The van der Waals surface area contributed by atoms with Gasteiger partial charge in [0.25, 0.3) is 0 Å². The molecule has 0 saturated carbocycles. The molecule has 0 aliphatic rings. The van der Waals surface area contributed by atoms with Gasteiger partial charge in [-0.3, -0.25) is 0 Å². The maximum atomic E-state index is 9.31. The second kappa shape index (κ2) is 8.30. The SMILES string of the molecule is CCOc1ccc(-c2noc(CN(CCO)c3ccccc3)n2)cc1. The van der Waals surface area contributed by atoms with Gasteiger partial charge in [-0.05, 0) is 43.3 Å². The first kappa shape index (κ1) is 17.0. The molecule has 2 aromatic carbocycles. The van der Waals surface area contributed by atoms with Crippen molar-refractivity contribution in [3.8, 4) is 17.1 Å². The summed E-state index contributed by atoms with van der Waals surface area (Å²) in [5.74, 6) is 1.85. The fraction of sp³-hybridized carbons (Fsp3) is 0.263. The van der Waals surface area contributed by atoms with Crippen LogP contribution in [-0.2, 0) is 6.54 Å². The molecule has 130 valence electrons. The second-order valence-electron chi connectivity index (χ2n) is 5.45.